The molecule has 1 amide bonds. The van der Waals surface area contributed by atoms with Gasteiger partial charge in [-0.1, -0.05) is 61.9 Å². The minimum atomic E-state index is -0.440. The van der Waals surface area contributed by atoms with Crippen LogP contribution in [0.4, 0.5) is 4.79 Å². The van der Waals surface area contributed by atoms with Crippen molar-refractivity contribution >= 4 is 23.0 Å². The Hall–Kier alpha value is -1.49. The van der Waals surface area contributed by atoms with Crippen molar-refractivity contribution in [2.45, 2.75) is 45.0 Å². The van der Waals surface area contributed by atoms with E-state index in [-0.39, 0.29) is 17.0 Å². The van der Waals surface area contributed by atoms with Gasteiger partial charge in [-0.25, -0.2) is 4.79 Å². The second-order valence-corrected chi connectivity index (χ2v) is 6.29. The second-order valence-electron chi connectivity index (χ2n) is 4.82. The maximum absolute atomic E-state index is 11.7. The van der Waals surface area contributed by atoms with Crippen molar-refractivity contribution in [3.63, 3.8) is 0 Å². The van der Waals surface area contributed by atoms with Crippen molar-refractivity contribution in [1.82, 2.24) is 5.32 Å². The number of thioether (sulfide) groups is 1. The van der Waals surface area contributed by atoms with Crippen molar-refractivity contribution in [1.29, 1.82) is 0 Å². The molecule has 21 heavy (non-hydrogen) atoms. The predicted molar refractivity (Wildman–Crippen MR) is 86.2 cm³/mol. The number of carbonyl (C=O) groups is 2. The lowest BCUT2D eigenvalue weighted by atomic mass is 10.2. The molecule has 0 saturated carbocycles. The van der Waals surface area contributed by atoms with Crippen molar-refractivity contribution in [3.8, 4) is 0 Å². The van der Waals surface area contributed by atoms with Gasteiger partial charge in [0.25, 0.3) is 0 Å². The zero-order chi connectivity index (χ0) is 15.5. The summed E-state index contributed by atoms with van der Waals surface area (Å²) in [6.45, 7) is 4.37. The Bertz CT molecular complexity index is 436. The summed E-state index contributed by atoms with van der Waals surface area (Å²) < 4.78 is 5.14. The molecule has 1 atom stereocenters. The third-order valence-electron chi connectivity index (χ3n) is 2.90. The minimum absolute atomic E-state index is 0.0792. The predicted octanol–water partition coefficient (Wildman–Crippen LogP) is 3.75. The number of nitrogens with one attached hydrogen (secondary N) is 1. The van der Waals surface area contributed by atoms with E-state index in [9.17, 15) is 9.59 Å². The molecular weight excluding hydrogens is 286 g/mol. The number of hydrogen-bond acceptors (Lipinski definition) is 4. The molecule has 5 heteroatoms. The molecule has 1 N–H and O–H groups in total. The summed E-state index contributed by atoms with van der Waals surface area (Å²) in [6, 6.07) is 9.54. The summed E-state index contributed by atoms with van der Waals surface area (Å²) in [4.78, 5) is 22.8. The van der Waals surface area contributed by atoms with Crippen LogP contribution >= 0.6 is 11.8 Å². The molecule has 0 aliphatic carbocycles. The number of carbonyl (C=O) groups excluding carboxylic acids is 2. The van der Waals surface area contributed by atoms with Crippen LogP contribution in [0, 0.1) is 0 Å². The Morgan fingerprint density at radius 2 is 2.00 bits per heavy atom. The van der Waals surface area contributed by atoms with Crippen LogP contribution in [-0.2, 0) is 16.1 Å². The van der Waals surface area contributed by atoms with Gasteiger partial charge in [-0.05, 0) is 12.0 Å². The van der Waals surface area contributed by atoms with Crippen LogP contribution in [-0.4, -0.2) is 23.0 Å². The smallest absolute Gasteiger partial charge is 0.407 e. The molecule has 0 aliphatic rings. The van der Waals surface area contributed by atoms with E-state index in [0.29, 0.717) is 6.54 Å². The third-order valence-corrected chi connectivity index (χ3v) is 3.97. The van der Waals surface area contributed by atoms with Gasteiger partial charge in [0.15, 0.2) is 5.12 Å². The Kier molecular flexibility index (Phi) is 8.59. The lowest BCUT2D eigenvalue weighted by Crippen LogP contribution is -2.31. The number of hydrogen-bond donors (Lipinski definition) is 1. The highest BCUT2D eigenvalue weighted by Gasteiger charge is 2.13. The van der Waals surface area contributed by atoms with Crippen LogP contribution in [0.5, 0.6) is 0 Å². The first-order chi connectivity index (χ1) is 10.1. The van der Waals surface area contributed by atoms with Gasteiger partial charge in [-0.2, -0.15) is 0 Å². The molecule has 0 bridgehead atoms. The van der Waals surface area contributed by atoms with E-state index < -0.39 is 6.09 Å². The van der Waals surface area contributed by atoms with E-state index in [1.807, 2.05) is 30.3 Å². The Morgan fingerprint density at radius 1 is 1.29 bits per heavy atom. The van der Waals surface area contributed by atoms with Crippen molar-refractivity contribution < 1.29 is 14.3 Å². The SMILES string of the molecule is CCCCC(CNC(=O)OCc1ccccc1)SC(C)=O. The number of alkyl carbamates (subject to hydrolysis) is 1. The maximum Gasteiger partial charge on any atom is 0.407 e. The van der Waals surface area contributed by atoms with Crippen LogP contribution in [0.1, 0.15) is 38.7 Å². The molecule has 1 aromatic rings. The average Bonchev–Trinajstić information content (AvgIpc) is 2.48. The van der Waals surface area contributed by atoms with Crippen molar-refractivity contribution in [3.05, 3.63) is 35.9 Å². The lowest BCUT2D eigenvalue weighted by Gasteiger charge is -2.15. The Morgan fingerprint density at radius 3 is 2.62 bits per heavy atom. The quantitative estimate of drug-likeness (QED) is 0.794. The number of unbranched alkanes of at least 4 members (excludes halogenated alkanes) is 1. The molecule has 0 fully saturated rings. The highest BCUT2D eigenvalue weighted by molar-refractivity contribution is 8.14. The third kappa shape index (κ3) is 8.40. The van der Waals surface area contributed by atoms with Crippen LogP contribution in [0.3, 0.4) is 0 Å². The number of rotatable bonds is 8. The molecular formula is C16H23NO3S. The average molecular weight is 309 g/mol. The van der Waals surface area contributed by atoms with Crippen molar-refractivity contribution in [2.24, 2.45) is 0 Å². The van der Waals surface area contributed by atoms with Gasteiger partial charge >= 0.3 is 6.09 Å². The van der Waals surface area contributed by atoms with E-state index >= 15 is 0 Å². The number of amides is 1. The van der Waals surface area contributed by atoms with Gasteiger partial charge in [0.05, 0.1) is 0 Å². The summed E-state index contributed by atoms with van der Waals surface area (Å²) in [5.74, 6) is 0. The Labute approximate surface area is 130 Å². The van der Waals surface area contributed by atoms with Gasteiger partial charge < -0.3 is 10.1 Å². The summed E-state index contributed by atoms with van der Waals surface area (Å²) in [5.41, 5.74) is 0.952. The zero-order valence-electron chi connectivity index (χ0n) is 12.6. The summed E-state index contributed by atoms with van der Waals surface area (Å²) in [5, 5.41) is 2.93. The molecule has 1 rings (SSSR count). The van der Waals surface area contributed by atoms with Gasteiger partial charge in [0.1, 0.15) is 6.61 Å². The summed E-state index contributed by atoms with van der Waals surface area (Å²) in [7, 11) is 0. The second kappa shape index (κ2) is 10.3. The minimum Gasteiger partial charge on any atom is -0.445 e. The van der Waals surface area contributed by atoms with Gasteiger partial charge in [0, 0.05) is 18.7 Å². The van der Waals surface area contributed by atoms with Crippen LogP contribution in [0.2, 0.25) is 0 Å². The molecule has 4 nitrogen and oxygen atoms in total. The molecule has 0 saturated heterocycles. The zero-order valence-corrected chi connectivity index (χ0v) is 13.4. The molecule has 1 unspecified atom stereocenters. The normalized spacial score (nSPS) is 11.7. The van der Waals surface area contributed by atoms with Gasteiger partial charge in [-0.3, -0.25) is 4.79 Å². The van der Waals surface area contributed by atoms with Crippen LogP contribution in [0.15, 0.2) is 30.3 Å². The Balaban J connectivity index is 2.29. The largest absolute Gasteiger partial charge is 0.445 e. The maximum atomic E-state index is 11.7. The molecule has 0 aromatic heterocycles. The fraction of sp³-hybridized carbons (Fsp3) is 0.500. The molecule has 116 valence electrons. The topological polar surface area (TPSA) is 55.4 Å². The van der Waals surface area contributed by atoms with Gasteiger partial charge in [0.2, 0.25) is 0 Å². The first-order valence-electron chi connectivity index (χ1n) is 7.23. The van der Waals surface area contributed by atoms with Crippen molar-refractivity contribution in [2.75, 3.05) is 6.54 Å². The van der Waals surface area contributed by atoms with E-state index in [2.05, 4.69) is 12.2 Å². The number of benzene rings is 1. The number of ether oxygens (including phenoxy) is 1. The van der Waals surface area contributed by atoms with Crippen LogP contribution < -0.4 is 5.32 Å². The van der Waals surface area contributed by atoms with E-state index in [0.717, 1.165) is 24.8 Å². The standard InChI is InChI=1S/C16H23NO3S/c1-3-4-10-15(21-13(2)18)11-17-16(19)20-12-14-8-6-5-7-9-14/h5-9,15H,3-4,10-12H2,1-2H3,(H,17,19). The van der Waals surface area contributed by atoms with E-state index in [1.165, 1.54) is 11.8 Å². The lowest BCUT2D eigenvalue weighted by molar-refractivity contribution is -0.109. The first-order valence-corrected chi connectivity index (χ1v) is 8.11. The van der Waals surface area contributed by atoms with Crippen LogP contribution in [0.25, 0.3) is 0 Å². The molecule has 0 aliphatic heterocycles. The summed E-state index contributed by atoms with van der Waals surface area (Å²) in [6.07, 6.45) is 2.60. The molecule has 0 radical (unpaired) electrons. The molecule has 0 spiro atoms. The molecule has 1 aromatic carbocycles. The fourth-order valence-electron chi connectivity index (χ4n) is 1.84. The van der Waals surface area contributed by atoms with Gasteiger partial charge in [-0.15, -0.1) is 0 Å². The van der Waals surface area contributed by atoms with E-state index in [4.69, 9.17) is 4.74 Å². The highest BCUT2D eigenvalue weighted by atomic mass is 32.2. The molecule has 0 heterocycles. The summed E-state index contributed by atoms with van der Waals surface area (Å²) >= 11 is 1.29. The van der Waals surface area contributed by atoms with E-state index in [1.54, 1.807) is 6.92 Å². The first kappa shape index (κ1) is 17.6. The monoisotopic (exact) mass is 309 g/mol. The highest BCUT2D eigenvalue weighted by Crippen LogP contribution is 2.17. The fourth-order valence-corrected chi connectivity index (χ4v) is 2.76.